The van der Waals surface area contributed by atoms with Crippen LogP contribution in [0, 0.1) is 12.3 Å². The minimum Gasteiger partial charge on any atom is -0.405 e. The maximum absolute atomic E-state index is 13.9. The molecule has 1 fully saturated rings. The maximum Gasteiger partial charge on any atom is 0.261 e. The lowest BCUT2D eigenvalue weighted by atomic mass is 9.85. The first kappa shape index (κ1) is 46.8. The zero-order chi connectivity index (χ0) is 43.3. The van der Waals surface area contributed by atoms with Gasteiger partial charge in [0.15, 0.2) is 0 Å². The number of β-amino-alcohol motifs (C(OH)–C–C–N with tert-alkyl or cyclic N) is 1. The van der Waals surface area contributed by atoms with Crippen molar-refractivity contribution < 1.29 is 38.1 Å². The van der Waals surface area contributed by atoms with E-state index >= 15 is 0 Å². The lowest BCUT2D eigenvalue weighted by Crippen LogP contribution is -2.66. The Balaban J connectivity index is 1.01. The average molecular weight is 859 g/mol. The Bertz CT molecular complexity index is 1930. The van der Waals surface area contributed by atoms with Crippen LogP contribution < -0.4 is 21.0 Å². The first-order valence-corrected chi connectivity index (χ1v) is 23.4. The molecule has 2 heterocycles. The van der Waals surface area contributed by atoms with E-state index in [0.29, 0.717) is 26.4 Å². The molecule has 0 aliphatic carbocycles. The Labute approximate surface area is 360 Å². The van der Waals surface area contributed by atoms with Gasteiger partial charge in [0.2, 0.25) is 17.7 Å². The summed E-state index contributed by atoms with van der Waals surface area (Å²) in [4.78, 5) is 47.2. The molecule has 0 bridgehead atoms. The molecule has 0 unspecified atom stereocenters. The van der Waals surface area contributed by atoms with Crippen molar-refractivity contribution in [3.05, 3.63) is 102 Å². The van der Waals surface area contributed by atoms with Crippen LogP contribution in [0.4, 0.5) is 0 Å². The second-order valence-corrected chi connectivity index (χ2v) is 22.4. The summed E-state index contributed by atoms with van der Waals surface area (Å²) in [6, 6.07) is 27.1. The number of carbonyl (C=O) groups is 3. The third-order valence-corrected chi connectivity index (χ3v) is 16.7. The van der Waals surface area contributed by atoms with Gasteiger partial charge in [-0.2, -0.15) is 0 Å². The number of aryl methyl sites for hydroxylation is 1. The third kappa shape index (κ3) is 12.2. The van der Waals surface area contributed by atoms with Crippen LogP contribution in [0.15, 0.2) is 90.4 Å². The molecule has 14 heteroatoms. The fourth-order valence-corrected chi connectivity index (χ4v) is 13.0. The van der Waals surface area contributed by atoms with Crippen LogP contribution in [-0.4, -0.2) is 112 Å². The highest BCUT2D eigenvalue weighted by Crippen LogP contribution is 2.36. The zero-order valence-corrected chi connectivity index (χ0v) is 37.9. The van der Waals surface area contributed by atoms with E-state index in [1.165, 1.54) is 15.3 Å². The van der Waals surface area contributed by atoms with E-state index < -0.39 is 43.7 Å². The van der Waals surface area contributed by atoms with Gasteiger partial charge in [-0.25, -0.2) is 4.98 Å². The van der Waals surface area contributed by atoms with Crippen molar-refractivity contribution >= 4 is 47.7 Å². The van der Waals surface area contributed by atoms with Gasteiger partial charge >= 0.3 is 0 Å². The van der Waals surface area contributed by atoms with Crippen molar-refractivity contribution in [2.24, 2.45) is 5.41 Å². The Kier molecular flexibility index (Phi) is 16.8. The van der Waals surface area contributed by atoms with Gasteiger partial charge in [-0.3, -0.25) is 14.4 Å². The van der Waals surface area contributed by atoms with Crippen molar-refractivity contribution in [1.82, 2.24) is 20.5 Å². The molecular formula is C46H62N4O8SSi. The van der Waals surface area contributed by atoms with Crippen LogP contribution in [0.25, 0.3) is 10.4 Å². The highest BCUT2D eigenvalue weighted by Gasteiger charge is 2.50. The summed E-state index contributed by atoms with van der Waals surface area (Å²) < 4.78 is 24.0. The number of aliphatic hydroxyl groups is 1. The molecule has 0 saturated carbocycles. The molecule has 0 spiro atoms. The van der Waals surface area contributed by atoms with Crippen molar-refractivity contribution in [3.8, 4) is 10.4 Å². The molecule has 4 aromatic rings. The monoisotopic (exact) mass is 858 g/mol. The van der Waals surface area contributed by atoms with Gasteiger partial charge in [-0.15, -0.1) is 11.3 Å². The molecule has 60 heavy (non-hydrogen) atoms. The molecule has 3 aromatic carbocycles. The first-order chi connectivity index (χ1) is 28.6. The number of likely N-dealkylation sites (tertiary alicyclic amines) is 1. The van der Waals surface area contributed by atoms with Crippen LogP contribution in [0.5, 0.6) is 0 Å². The topological polar surface area (TPSA) is 149 Å². The average Bonchev–Trinajstić information content (AvgIpc) is 3.84. The number of ether oxygens (including phenoxy) is 3. The molecule has 1 saturated heterocycles. The van der Waals surface area contributed by atoms with Gasteiger partial charge in [-0.1, -0.05) is 126 Å². The Hall–Kier alpha value is -4.28. The predicted octanol–water partition coefficient (Wildman–Crippen LogP) is 4.85. The van der Waals surface area contributed by atoms with E-state index in [-0.39, 0.29) is 50.3 Å². The molecule has 3 atom stereocenters. The number of aliphatic hydroxyl groups excluding tert-OH is 1. The summed E-state index contributed by atoms with van der Waals surface area (Å²) in [5, 5.41) is 18.6. The van der Waals surface area contributed by atoms with Crippen molar-refractivity contribution in [2.75, 3.05) is 52.8 Å². The largest absolute Gasteiger partial charge is 0.405 e. The highest BCUT2D eigenvalue weighted by atomic mass is 32.1. The number of hydrogen-bond acceptors (Lipinski definition) is 10. The van der Waals surface area contributed by atoms with Crippen LogP contribution in [-0.2, 0) is 39.6 Å². The molecule has 3 amide bonds. The molecular weight excluding hydrogens is 797 g/mol. The lowest BCUT2D eigenvalue weighted by molar-refractivity contribution is -0.144. The van der Waals surface area contributed by atoms with E-state index in [1.54, 1.807) is 11.3 Å². The van der Waals surface area contributed by atoms with Crippen molar-refractivity contribution in [1.29, 1.82) is 0 Å². The number of nitrogens with zero attached hydrogens (tertiary/aromatic N) is 2. The van der Waals surface area contributed by atoms with Crippen LogP contribution in [0.3, 0.4) is 0 Å². The number of amides is 3. The van der Waals surface area contributed by atoms with Crippen LogP contribution in [0.1, 0.15) is 59.2 Å². The molecule has 1 aliphatic rings. The smallest absolute Gasteiger partial charge is 0.261 e. The van der Waals surface area contributed by atoms with Gasteiger partial charge < -0.3 is 39.3 Å². The van der Waals surface area contributed by atoms with Gasteiger partial charge in [-0.05, 0) is 38.9 Å². The maximum atomic E-state index is 13.9. The molecule has 1 aliphatic heterocycles. The third-order valence-electron chi connectivity index (χ3n) is 10.7. The van der Waals surface area contributed by atoms with E-state index in [4.69, 9.17) is 18.6 Å². The fraction of sp³-hybridized carbons (Fsp3) is 0.478. The number of benzene rings is 3. The normalized spacial score (nSPS) is 16.4. The zero-order valence-electron chi connectivity index (χ0n) is 36.1. The quantitative estimate of drug-likeness (QED) is 0.0839. The minimum atomic E-state index is -2.63. The van der Waals surface area contributed by atoms with Gasteiger partial charge in [0.1, 0.15) is 18.7 Å². The van der Waals surface area contributed by atoms with E-state index in [2.05, 4.69) is 84.9 Å². The summed E-state index contributed by atoms with van der Waals surface area (Å²) in [5.41, 5.74) is 4.05. The van der Waals surface area contributed by atoms with Gasteiger partial charge in [0.25, 0.3) is 8.32 Å². The Morgan fingerprint density at radius 1 is 0.833 bits per heavy atom. The fourth-order valence-electron chi connectivity index (χ4n) is 7.60. The number of rotatable bonds is 20. The molecule has 0 radical (unpaired) electrons. The first-order valence-electron chi connectivity index (χ1n) is 20.6. The van der Waals surface area contributed by atoms with Crippen LogP contribution in [0.2, 0.25) is 5.04 Å². The second kappa shape index (κ2) is 21.5. The molecule has 5 rings (SSSR count). The minimum absolute atomic E-state index is 0.00631. The van der Waals surface area contributed by atoms with Gasteiger partial charge in [0.05, 0.1) is 61.8 Å². The van der Waals surface area contributed by atoms with Gasteiger partial charge in [0, 0.05) is 19.5 Å². The molecule has 12 nitrogen and oxygen atoms in total. The molecule has 3 N–H and O–H groups in total. The number of nitrogens with one attached hydrogen (secondary N) is 2. The number of thiazole rings is 1. The van der Waals surface area contributed by atoms with E-state index in [9.17, 15) is 19.5 Å². The lowest BCUT2D eigenvalue weighted by Gasteiger charge is -2.43. The summed E-state index contributed by atoms with van der Waals surface area (Å²) in [5.74, 6) is -1.26. The standard InChI is InChI=1S/C46H62N4O8SSi/c1-33-41(59-32-48-33)35-20-18-34(19-21-35)29-47-43(53)39-28-36(51)30-50(39)44(54)42(45(2,3)4)49-40(52)31-57-25-24-55-22-23-56-26-27-58-60(46(5,6)7,37-14-10-8-11-15-37)38-16-12-9-13-17-38/h8-21,32,36,39,42,51H,22-31H2,1-7H3,(H,47,53)(H,49,52)/t36-,39-,42+/m0/s1. The Morgan fingerprint density at radius 3 is 1.93 bits per heavy atom. The van der Waals surface area contributed by atoms with E-state index in [0.717, 1.165) is 21.7 Å². The Morgan fingerprint density at radius 2 is 1.40 bits per heavy atom. The number of hydrogen-bond donors (Lipinski definition) is 3. The SMILES string of the molecule is Cc1ncsc1-c1ccc(CNC(=O)[C@@H]2C[C@H](O)CN2C(=O)[C@@H](NC(=O)COCCOCCOCCO[Si](c2ccccc2)(c2ccccc2)C(C)(C)C)C(C)(C)C)cc1. The number of carbonyl (C=O) groups excluding carboxylic acids is 3. The summed E-state index contributed by atoms with van der Waals surface area (Å²) in [7, 11) is -2.63. The highest BCUT2D eigenvalue weighted by molar-refractivity contribution is 7.13. The summed E-state index contributed by atoms with van der Waals surface area (Å²) >= 11 is 1.58. The molecule has 1 aromatic heterocycles. The van der Waals surface area contributed by atoms with Crippen molar-refractivity contribution in [2.45, 2.75) is 84.7 Å². The predicted molar refractivity (Wildman–Crippen MR) is 238 cm³/mol. The summed E-state index contributed by atoms with van der Waals surface area (Å²) in [6.07, 6.45) is -0.755. The second-order valence-electron chi connectivity index (χ2n) is 17.2. The molecule has 324 valence electrons. The van der Waals surface area contributed by atoms with Crippen molar-refractivity contribution in [3.63, 3.8) is 0 Å². The van der Waals surface area contributed by atoms with Crippen LogP contribution >= 0.6 is 11.3 Å². The summed E-state index contributed by atoms with van der Waals surface area (Å²) in [6.45, 7) is 16.2. The number of aromatic nitrogens is 1. The van der Waals surface area contributed by atoms with E-state index in [1.807, 2.05) is 69.6 Å².